The molecular weight excluding hydrogens is 314 g/mol. The summed E-state index contributed by atoms with van der Waals surface area (Å²) in [5, 5.41) is 0. The number of carbonyl (C=O) groups is 1. The Bertz CT molecular complexity index is 620. The Labute approximate surface area is 121 Å². The number of amides is 2. The normalized spacial score (nSPS) is 16.3. The Morgan fingerprint density at radius 3 is 2.14 bits per heavy atom. The molecule has 0 aliphatic carbocycles. The molecule has 0 fully saturated rings. The molecule has 9 heteroatoms. The summed E-state index contributed by atoms with van der Waals surface area (Å²) in [6.45, 7) is 0.950. The van der Waals surface area contributed by atoms with Gasteiger partial charge in [-0.1, -0.05) is 18.2 Å². The van der Waals surface area contributed by atoms with Crippen LogP contribution >= 0.6 is 0 Å². The highest BCUT2D eigenvalue weighted by molar-refractivity contribution is 5.99. The number of carbonyl (C=O) groups excluding carboxylic acids is 1. The second kappa shape index (κ2) is 5.22. The number of hydrogen-bond acceptors (Lipinski definition) is 1. The molecule has 0 unspecified atom stereocenters. The minimum Gasteiger partial charge on any atom is -0.300 e. The van der Waals surface area contributed by atoms with E-state index < -0.39 is 40.2 Å². The molecule has 1 heterocycles. The molecule has 0 radical (unpaired) electrons. The van der Waals surface area contributed by atoms with E-state index in [1.54, 1.807) is 0 Å². The predicted octanol–water partition coefficient (Wildman–Crippen LogP) is 4.37. The monoisotopic (exact) mass is 324 g/mol. The summed E-state index contributed by atoms with van der Waals surface area (Å²) in [6, 6.07) is 2.47. The van der Waals surface area contributed by atoms with Crippen LogP contribution in [0.15, 0.2) is 30.5 Å². The number of hydrogen-bond donors (Lipinski definition) is 0. The summed E-state index contributed by atoms with van der Waals surface area (Å²) >= 11 is 0. The highest BCUT2D eigenvalue weighted by Crippen LogP contribution is 2.43. The van der Waals surface area contributed by atoms with Gasteiger partial charge in [-0.05, 0) is 13.0 Å². The van der Waals surface area contributed by atoms with Crippen LogP contribution in [0.5, 0.6) is 0 Å². The first-order chi connectivity index (χ1) is 10.1. The molecule has 3 nitrogen and oxygen atoms in total. The minimum atomic E-state index is -5.14. The van der Waals surface area contributed by atoms with Crippen molar-refractivity contribution in [2.75, 3.05) is 11.4 Å². The van der Waals surface area contributed by atoms with Gasteiger partial charge in [0.15, 0.2) is 0 Å². The number of rotatable bonds is 1. The standard InChI is InChI=1S/C13H10F6N2O/c1-2-20-7-9(12(14,15)16)8-5-3-4-6-10(8)21(11(20)22)13(17,18)19/h3-7H,2H2,1H3. The highest BCUT2D eigenvalue weighted by Gasteiger charge is 2.48. The van der Waals surface area contributed by atoms with Gasteiger partial charge in [-0.3, -0.25) is 0 Å². The number of urea groups is 1. The summed E-state index contributed by atoms with van der Waals surface area (Å²) in [5.74, 6) is 0. The molecular formula is C13H10F6N2O. The SMILES string of the molecule is CCN1C=C(C(F)(F)F)c2ccccc2N(C(F)(F)F)C1=O. The average molecular weight is 324 g/mol. The fraction of sp³-hybridized carbons (Fsp3) is 0.308. The number of allylic oxidation sites excluding steroid dienone is 1. The number of benzene rings is 1. The molecule has 1 aromatic rings. The van der Waals surface area contributed by atoms with E-state index in [1.807, 2.05) is 0 Å². The van der Waals surface area contributed by atoms with E-state index in [0.29, 0.717) is 11.1 Å². The molecule has 0 spiro atoms. The molecule has 22 heavy (non-hydrogen) atoms. The third kappa shape index (κ3) is 2.75. The van der Waals surface area contributed by atoms with Crippen LogP contribution in [0, 0.1) is 0 Å². The first kappa shape index (κ1) is 16.2. The molecule has 1 aliphatic rings. The maximum Gasteiger partial charge on any atom is 0.493 e. The number of halogens is 6. The summed E-state index contributed by atoms with van der Waals surface area (Å²) in [6.07, 6.45) is -9.63. The summed E-state index contributed by atoms with van der Waals surface area (Å²) in [7, 11) is 0. The van der Waals surface area contributed by atoms with Crippen molar-refractivity contribution in [2.24, 2.45) is 0 Å². The molecule has 1 aliphatic heterocycles. The second-order valence-electron chi connectivity index (χ2n) is 4.43. The zero-order valence-corrected chi connectivity index (χ0v) is 11.2. The zero-order valence-electron chi connectivity index (χ0n) is 11.2. The zero-order chi connectivity index (χ0) is 16.7. The Morgan fingerprint density at radius 1 is 1.05 bits per heavy atom. The van der Waals surface area contributed by atoms with Crippen LogP contribution in [-0.4, -0.2) is 30.0 Å². The molecule has 120 valence electrons. The van der Waals surface area contributed by atoms with Crippen LogP contribution in [0.3, 0.4) is 0 Å². The fourth-order valence-electron chi connectivity index (χ4n) is 2.11. The molecule has 0 saturated carbocycles. The lowest BCUT2D eigenvalue weighted by Gasteiger charge is -2.28. The average Bonchev–Trinajstić information content (AvgIpc) is 2.50. The van der Waals surface area contributed by atoms with E-state index >= 15 is 0 Å². The lowest BCUT2D eigenvalue weighted by atomic mass is 10.0. The quantitative estimate of drug-likeness (QED) is 0.556. The number of anilines is 1. The third-order valence-electron chi connectivity index (χ3n) is 3.06. The van der Waals surface area contributed by atoms with Crippen molar-refractivity contribution in [3.63, 3.8) is 0 Å². The van der Waals surface area contributed by atoms with Crippen molar-refractivity contribution in [3.05, 3.63) is 36.0 Å². The number of alkyl halides is 6. The van der Waals surface area contributed by atoms with E-state index in [9.17, 15) is 31.1 Å². The molecule has 2 rings (SSSR count). The molecule has 0 saturated heterocycles. The Hall–Kier alpha value is -2.19. The minimum absolute atomic E-state index is 0.334. The van der Waals surface area contributed by atoms with Crippen molar-refractivity contribution in [1.82, 2.24) is 4.90 Å². The third-order valence-corrected chi connectivity index (χ3v) is 3.06. The number of fused-ring (bicyclic) bond motifs is 1. The van der Waals surface area contributed by atoms with Gasteiger partial charge in [0.25, 0.3) is 0 Å². The molecule has 0 atom stereocenters. The Kier molecular flexibility index (Phi) is 3.84. The molecule has 0 N–H and O–H groups in total. The molecule has 1 aromatic carbocycles. The first-order valence-electron chi connectivity index (χ1n) is 6.13. The van der Waals surface area contributed by atoms with Crippen LogP contribution in [-0.2, 0) is 0 Å². The van der Waals surface area contributed by atoms with Gasteiger partial charge >= 0.3 is 18.5 Å². The maximum atomic E-state index is 13.2. The highest BCUT2D eigenvalue weighted by atomic mass is 19.4. The van der Waals surface area contributed by atoms with Gasteiger partial charge in [0, 0.05) is 18.3 Å². The van der Waals surface area contributed by atoms with Crippen molar-refractivity contribution < 1.29 is 31.1 Å². The largest absolute Gasteiger partial charge is 0.493 e. The van der Waals surface area contributed by atoms with Crippen LogP contribution in [0.1, 0.15) is 12.5 Å². The molecule has 2 amide bonds. The van der Waals surface area contributed by atoms with E-state index in [-0.39, 0.29) is 6.54 Å². The van der Waals surface area contributed by atoms with Gasteiger partial charge in [-0.15, -0.1) is 13.2 Å². The van der Waals surface area contributed by atoms with Crippen LogP contribution in [0.2, 0.25) is 0 Å². The molecule has 0 bridgehead atoms. The van der Waals surface area contributed by atoms with Crippen molar-refractivity contribution in [2.45, 2.75) is 19.4 Å². The predicted molar refractivity (Wildman–Crippen MR) is 66.8 cm³/mol. The number of nitrogens with zero attached hydrogens (tertiary/aromatic N) is 2. The first-order valence-corrected chi connectivity index (χ1v) is 6.13. The second-order valence-corrected chi connectivity index (χ2v) is 4.43. The Morgan fingerprint density at radius 2 is 1.64 bits per heavy atom. The van der Waals surface area contributed by atoms with Gasteiger partial charge in [0.1, 0.15) is 0 Å². The van der Waals surface area contributed by atoms with Gasteiger partial charge in [0.05, 0.1) is 11.3 Å². The van der Waals surface area contributed by atoms with E-state index in [4.69, 9.17) is 0 Å². The van der Waals surface area contributed by atoms with E-state index in [0.717, 1.165) is 18.2 Å². The fourth-order valence-corrected chi connectivity index (χ4v) is 2.11. The van der Waals surface area contributed by atoms with E-state index in [2.05, 4.69) is 0 Å². The van der Waals surface area contributed by atoms with Gasteiger partial charge < -0.3 is 4.90 Å². The maximum absolute atomic E-state index is 13.2. The topological polar surface area (TPSA) is 23.6 Å². The summed E-state index contributed by atoms with van der Waals surface area (Å²) in [5.41, 5.74) is -2.85. The van der Waals surface area contributed by atoms with Crippen LogP contribution in [0.25, 0.3) is 5.57 Å². The Balaban J connectivity index is 2.77. The summed E-state index contributed by atoms with van der Waals surface area (Å²) < 4.78 is 78.9. The van der Waals surface area contributed by atoms with Crippen molar-refractivity contribution >= 4 is 17.3 Å². The van der Waals surface area contributed by atoms with Crippen molar-refractivity contribution in [1.29, 1.82) is 0 Å². The van der Waals surface area contributed by atoms with Crippen LogP contribution < -0.4 is 4.90 Å². The number of para-hydroxylation sites is 1. The summed E-state index contributed by atoms with van der Waals surface area (Å²) in [4.78, 5) is 11.8. The van der Waals surface area contributed by atoms with Gasteiger partial charge in [0.2, 0.25) is 0 Å². The van der Waals surface area contributed by atoms with Crippen molar-refractivity contribution in [3.8, 4) is 0 Å². The smallest absolute Gasteiger partial charge is 0.300 e. The van der Waals surface area contributed by atoms with Crippen LogP contribution in [0.4, 0.5) is 36.8 Å². The van der Waals surface area contributed by atoms with Gasteiger partial charge in [-0.25, -0.2) is 9.69 Å². The molecule has 0 aromatic heterocycles. The lowest BCUT2D eigenvalue weighted by Crippen LogP contribution is -2.48. The lowest BCUT2D eigenvalue weighted by molar-refractivity contribution is -0.122. The van der Waals surface area contributed by atoms with Gasteiger partial charge in [-0.2, -0.15) is 13.2 Å². The van der Waals surface area contributed by atoms with E-state index in [1.165, 1.54) is 13.0 Å².